The van der Waals surface area contributed by atoms with Gasteiger partial charge < -0.3 is 25.0 Å². The van der Waals surface area contributed by atoms with Crippen molar-refractivity contribution in [1.29, 1.82) is 0 Å². The summed E-state index contributed by atoms with van der Waals surface area (Å²) in [6, 6.07) is 2.52. The Hall–Kier alpha value is -3.37. The van der Waals surface area contributed by atoms with Gasteiger partial charge in [-0.2, -0.15) is 0 Å². The molecule has 2 aliphatic heterocycles. The van der Waals surface area contributed by atoms with Crippen LogP contribution < -0.4 is 15.4 Å². The van der Waals surface area contributed by atoms with Crippen molar-refractivity contribution in [3.63, 3.8) is 0 Å². The molecular formula is C20H28N6O5. The van der Waals surface area contributed by atoms with Crippen LogP contribution in [-0.4, -0.2) is 83.6 Å². The first-order valence-electron chi connectivity index (χ1n) is 10.3. The fraction of sp³-hybridized carbons (Fsp3) is 0.550. The summed E-state index contributed by atoms with van der Waals surface area (Å²) in [6.07, 6.45) is 3.04. The Bertz CT molecular complexity index is 828. The number of aliphatic carboxylic acids is 1. The first kappa shape index (κ1) is 22.3. The molecule has 0 unspecified atom stereocenters. The number of amides is 3. The quantitative estimate of drug-likeness (QED) is 0.519. The number of carboxylic acids is 1. The molecule has 0 saturated carbocycles. The Morgan fingerprint density at radius 3 is 2.84 bits per heavy atom. The van der Waals surface area contributed by atoms with E-state index in [1.54, 1.807) is 21.9 Å². The zero-order chi connectivity index (χ0) is 22.2. The Morgan fingerprint density at radius 2 is 2.19 bits per heavy atom. The first-order valence-corrected chi connectivity index (χ1v) is 10.3. The molecule has 1 saturated heterocycles. The van der Waals surface area contributed by atoms with Crippen molar-refractivity contribution in [3.05, 3.63) is 23.9 Å². The van der Waals surface area contributed by atoms with E-state index in [1.807, 2.05) is 0 Å². The van der Waals surface area contributed by atoms with E-state index in [9.17, 15) is 19.5 Å². The number of hydrogen-bond donors (Lipinski definition) is 3. The number of ether oxygens (including phenoxy) is 1. The number of carbonyl (C=O) groups excluding carboxylic acids is 2. The van der Waals surface area contributed by atoms with Gasteiger partial charge in [0, 0.05) is 51.4 Å². The molecule has 3 rings (SSSR count). The number of carbonyl (C=O) groups is 3. The minimum Gasteiger partial charge on any atom is -0.481 e. The smallest absolute Gasteiger partial charge is 0.320 e. The van der Waals surface area contributed by atoms with Gasteiger partial charge in [0.05, 0.1) is 19.6 Å². The van der Waals surface area contributed by atoms with E-state index in [-0.39, 0.29) is 24.8 Å². The van der Waals surface area contributed by atoms with Gasteiger partial charge in [0.15, 0.2) is 5.96 Å². The van der Waals surface area contributed by atoms with Gasteiger partial charge in [-0.05, 0) is 18.4 Å². The number of guanidine groups is 1. The molecule has 1 aromatic heterocycles. The van der Waals surface area contributed by atoms with Crippen molar-refractivity contribution in [3.8, 4) is 5.88 Å². The number of urea groups is 1. The van der Waals surface area contributed by atoms with E-state index in [0.717, 1.165) is 13.0 Å². The normalized spacial score (nSPS) is 17.1. The zero-order valence-corrected chi connectivity index (χ0v) is 17.5. The molecule has 31 heavy (non-hydrogen) atoms. The average Bonchev–Trinajstić information content (AvgIpc) is 3.13. The summed E-state index contributed by atoms with van der Waals surface area (Å²) in [4.78, 5) is 47.9. The second-order valence-corrected chi connectivity index (χ2v) is 7.37. The number of carboxylic acid groups (broad SMARTS) is 1. The van der Waals surface area contributed by atoms with Gasteiger partial charge in [-0.25, -0.2) is 9.78 Å². The molecule has 0 spiro atoms. The summed E-state index contributed by atoms with van der Waals surface area (Å²) in [5.74, 6) is -0.225. The molecule has 3 heterocycles. The maximum Gasteiger partial charge on any atom is 0.320 e. The minimum absolute atomic E-state index is 0.148. The lowest BCUT2D eigenvalue weighted by Gasteiger charge is -2.27. The van der Waals surface area contributed by atoms with Gasteiger partial charge in [-0.1, -0.05) is 6.07 Å². The van der Waals surface area contributed by atoms with Crippen LogP contribution in [0.2, 0.25) is 0 Å². The third-order valence-electron chi connectivity index (χ3n) is 5.21. The van der Waals surface area contributed by atoms with E-state index in [4.69, 9.17) is 4.74 Å². The average molecular weight is 432 g/mol. The molecule has 3 N–H and O–H groups in total. The first-order chi connectivity index (χ1) is 15.0. The van der Waals surface area contributed by atoms with Crippen LogP contribution in [0.5, 0.6) is 5.88 Å². The molecule has 2 aliphatic rings. The molecule has 3 amide bonds. The van der Waals surface area contributed by atoms with Crippen molar-refractivity contribution in [1.82, 2.24) is 25.4 Å². The monoisotopic (exact) mass is 432 g/mol. The highest BCUT2D eigenvalue weighted by molar-refractivity contribution is 5.97. The lowest BCUT2D eigenvalue weighted by Crippen LogP contribution is -2.43. The maximum absolute atomic E-state index is 12.9. The Kier molecular flexibility index (Phi) is 7.63. The van der Waals surface area contributed by atoms with E-state index >= 15 is 0 Å². The number of pyridine rings is 1. The lowest BCUT2D eigenvalue weighted by atomic mass is 10.0. The topological polar surface area (TPSA) is 136 Å². The predicted octanol–water partition coefficient (Wildman–Crippen LogP) is 0.589. The van der Waals surface area contributed by atoms with Crippen LogP contribution >= 0.6 is 0 Å². The van der Waals surface area contributed by atoms with E-state index in [0.29, 0.717) is 50.0 Å². The standard InChI is InChI=1S/C20H28N6O5/c1-31-17-6-5-14(13-23-17)15(12-18(28)29)26-11-10-25(20(26)30)9-2-4-16(27)24-19-21-7-3-8-22-19/h5-6,13,15H,2-4,7-12H2,1H3,(H,28,29)(H2,21,22,24,27)/t15-/m1/s1. The molecular weight excluding hydrogens is 404 g/mol. The molecule has 168 valence electrons. The molecule has 0 aliphatic carbocycles. The molecule has 11 nitrogen and oxygen atoms in total. The highest BCUT2D eigenvalue weighted by Crippen LogP contribution is 2.28. The number of methoxy groups -OCH3 is 1. The van der Waals surface area contributed by atoms with E-state index < -0.39 is 12.0 Å². The summed E-state index contributed by atoms with van der Waals surface area (Å²) in [7, 11) is 1.50. The third kappa shape index (κ3) is 6.06. The number of hydrogen-bond acceptors (Lipinski definition) is 7. The van der Waals surface area contributed by atoms with Gasteiger partial charge in [-0.15, -0.1) is 0 Å². The van der Waals surface area contributed by atoms with Crippen LogP contribution in [0.4, 0.5) is 4.79 Å². The van der Waals surface area contributed by atoms with Crippen molar-refractivity contribution in [2.75, 3.05) is 39.8 Å². The highest BCUT2D eigenvalue weighted by Gasteiger charge is 2.35. The summed E-state index contributed by atoms with van der Waals surface area (Å²) in [5.41, 5.74) is 0.638. The Morgan fingerprint density at radius 1 is 1.35 bits per heavy atom. The number of aromatic nitrogens is 1. The Labute approximate surface area is 180 Å². The fourth-order valence-electron chi connectivity index (χ4n) is 3.62. The molecule has 0 bridgehead atoms. The summed E-state index contributed by atoms with van der Waals surface area (Å²) in [5, 5.41) is 15.1. The molecule has 1 atom stereocenters. The van der Waals surface area contributed by atoms with Crippen molar-refractivity contribution in [2.24, 2.45) is 4.99 Å². The summed E-state index contributed by atoms with van der Waals surface area (Å²) < 4.78 is 5.05. The number of rotatable bonds is 9. The van der Waals surface area contributed by atoms with Crippen molar-refractivity contribution < 1.29 is 24.2 Å². The van der Waals surface area contributed by atoms with E-state index in [2.05, 4.69) is 20.6 Å². The molecule has 0 radical (unpaired) electrons. The molecule has 11 heteroatoms. The van der Waals surface area contributed by atoms with Gasteiger partial charge in [0.25, 0.3) is 0 Å². The Balaban J connectivity index is 1.54. The highest BCUT2D eigenvalue weighted by atomic mass is 16.5. The summed E-state index contributed by atoms with van der Waals surface area (Å²) >= 11 is 0. The third-order valence-corrected chi connectivity index (χ3v) is 5.21. The largest absolute Gasteiger partial charge is 0.481 e. The van der Waals surface area contributed by atoms with Gasteiger partial charge in [-0.3, -0.25) is 19.9 Å². The number of nitrogens with one attached hydrogen (secondary N) is 2. The molecule has 1 fully saturated rings. The molecule has 0 aromatic carbocycles. The van der Waals surface area contributed by atoms with Crippen molar-refractivity contribution in [2.45, 2.75) is 31.7 Å². The van der Waals surface area contributed by atoms with Crippen LogP contribution in [0.15, 0.2) is 23.3 Å². The second-order valence-electron chi connectivity index (χ2n) is 7.37. The fourth-order valence-corrected chi connectivity index (χ4v) is 3.62. The lowest BCUT2D eigenvalue weighted by molar-refractivity contribution is -0.138. The summed E-state index contributed by atoms with van der Waals surface area (Å²) in [6.45, 7) is 2.80. The predicted molar refractivity (Wildman–Crippen MR) is 112 cm³/mol. The van der Waals surface area contributed by atoms with Crippen molar-refractivity contribution >= 4 is 23.9 Å². The number of aliphatic imine (C=N–C) groups is 1. The molecule has 1 aromatic rings. The number of nitrogens with zero attached hydrogens (tertiary/aromatic N) is 4. The van der Waals surface area contributed by atoms with Crippen LogP contribution in [0.25, 0.3) is 0 Å². The zero-order valence-electron chi connectivity index (χ0n) is 17.5. The van der Waals surface area contributed by atoms with Gasteiger partial charge in [0.2, 0.25) is 11.8 Å². The second kappa shape index (κ2) is 10.6. The van der Waals surface area contributed by atoms with Crippen LogP contribution in [-0.2, 0) is 9.59 Å². The maximum atomic E-state index is 12.9. The van der Waals surface area contributed by atoms with Gasteiger partial charge >= 0.3 is 12.0 Å². The van der Waals surface area contributed by atoms with Crippen LogP contribution in [0, 0.1) is 0 Å². The SMILES string of the molecule is COc1ccc([C@@H](CC(=O)O)N2CCN(CCCC(=O)NC3=NCCCN3)C2=O)cn1. The van der Waals surface area contributed by atoms with E-state index in [1.165, 1.54) is 13.3 Å². The van der Waals surface area contributed by atoms with Crippen LogP contribution in [0.3, 0.4) is 0 Å². The van der Waals surface area contributed by atoms with Crippen LogP contribution in [0.1, 0.15) is 37.3 Å². The van der Waals surface area contributed by atoms with Gasteiger partial charge in [0.1, 0.15) is 0 Å². The minimum atomic E-state index is -0.997.